The molecular weight excluding hydrogens is 295 g/mol. The van der Waals surface area contributed by atoms with Crippen LogP contribution in [0, 0.1) is 0 Å². The zero-order chi connectivity index (χ0) is 11.3. The minimum absolute atomic E-state index is 0.362. The first-order valence-corrected chi connectivity index (χ1v) is 15.9. The summed E-state index contributed by atoms with van der Waals surface area (Å²) in [5.41, 5.74) is 0. The molecule has 3 heteroatoms. The normalized spacial score (nSPS) is 22.7. The van der Waals surface area contributed by atoms with Crippen molar-refractivity contribution in [3.05, 3.63) is 9.67 Å². The van der Waals surface area contributed by atoms with Gasteiger partial charge in [0.15, 0.2) is 0 Å². The second-order valence-electron chi connectivity index (χ2n) is 5.11. The molecule has 2 nitrogen and oxygen atoms in total. The monoisotopic (exact) mass is 320 g/mol. The summed E-state index contributed by atoms with van der Waals surface area (Å²) in [5.74, 6) is 0. The Morgan fingerprint density at radius 1 is 1.40 bits per heavy atom. The quantitative estimate of drug-likeness (QED) is 0.439. The van der Waals surface area contributed by atoms with Gasteiger partial charge in [-0.05, 0) is 0 Å². The molecule has 0 radical (unpaired) electrons. The Labute approximate surface area is 97.9 Å². The summed E-state index contributed by atoms with van der Waals surface area (Å²) in [7, 11) is 0. The van der Waals surface area contributed by atoms with Crippen molar-refractivity contribution in [2.75, 3.05) is 13.4 Å². The van der Waals surface area contributed by atoms with E-state index >= 15 is 0 Å². The Hall–Kier alpha value is 0.459. The van der Waals surface area contributed by atoms with Crippen molar-refractivity contribution in [3.63, 3.8) is 0 Å². The second-order valence-corrected chi connectivity index (χ2v) is 19.6. The van der Waals surface area contributed by atoms with Crippen molar-refractivity contribution in [2.24, 2.45) is 0 Å². The van der Waals surface area contributed by atoms with E-state index in [1.807, 2.05) is 6.92 Å². The molecule has 88 valence electrons. The summed E-state index contributed by atoms with van der Waals surface area (Å²) in [6.07, 6.45) is 6.50. The van der Waals surface area contributed by atoms with E-state index in [-0.39, 0.29) is 0 Å². The van der Waals surface area contributed by atoms with Crippen molar-refractivity contribution in [3.8, 4) is 0 Å². The van der Waals surface area contributed by atoms with E-state index in [1.165, 1.54) is 19.3 Å². The Morgan fingerprint density at radius 2 is 2.13 bits per heavy atom. The summed E-state index contributed by atoms with van der Waals surface area (Å²) in [6.45, 7) is 3.20. The minimum atomic E-state index is -1.93. The molecule has 0 aromatic rings. The van der Waals surface area contributed by atoms with Crippen molar-refractivity contribution in [1.29, 1.82) is 0 Å². The van der Waals surface area contributed by atoms with Crippen LogP contribution < -0.4 is 0 Å². The summed E-state index contributed by atoms with van der Waals surface area (Å²) >= 11 is -1.93. The molecule has 1 aliphatic rings. The molecule has 1 aliphatic carbocycles. The number of allylic oxidation sites excluding steroid dienone is 1. The number of rotatable bonds is 5. The zero-order valence-corrected chi connectivity index (χ0v) is 13.4. The first kappa shape index (κ1) is 13.5. The standard InChI is InChI=1S/C9H15O2.3CH3.Sn/c1-2-10-8-11-9-6-4-3-5-7-9;;;;/h4,9H,2-3,5,7-8H2,1H3;3*1H3;. The van der Waals surface area contributed by atoms with Crippen LogP contribution in [0.15, 0.2) is 9.67 Å². The van der Waals surface area contributed by atoms with E-state index in [2.05, 4.69) is 20.9 Å². The molecule has 1 atom stereocenters. The van der Waals surface area contributed by atoms with Crippen LogP contribution in [0.1, 0.15) is 26.2 Å². The Bertz CT molecular complexity index is 218. The van der Waals surface area contributed by atoms with Crippen LogP contribution in [0.2, 0.25) is 14.8 Å². The molecule has 0 heterocycles. The van der Waals surface area contributed by atoms with Gasteiger partial charge in [0.1, 0.15) is 0 Å². The van der Waals surface area contributed by atoms with Gasteiger partial charge in [-0.1, -0.05) is 0 Å². The molecule has 0 bridgehead atoms. The predicted molar refractivity (Wildman–Crippen MR) is 66.6 cm³/mol. The van der Waals surface area contributed by atoms with E-state index in [1.54, 1.807) is 3.59 Å². The van der Waals surface area contributed by atoms with E-state index in [0.717, 1.165) is 6.61 Å². The van der Waals surface area contributed by atoms with Crippen LogP contribution in [0.25, 0.3) is 0 Å². The van der Waals surface area contributed by atoms with Gasteiger partial charge in [-0.2, -0.15) is 0 Å². The van der Waals surface area contributed by atoms with Crippen molar-refractivity contribution in [2.45, 2.75) is 47.1 Å². The summed E-state index contributed by atoms with van der Waals surface area (Å²) in [5, 5.41) is 0. The third-order valence-electron chi connectivity index (χ3n) is 2.80. The van der Waals surface area contributed by atoms with Gasteiger partial charge in [0.25, 0.3) is 0 Å². The first-order chi connectivity index (χ1) is 7.05. The molecule has 1 unspecified atom stereocenters. The molecule has 1 rings (SSSR count). The van der Waals surface area contributed by atoms with Crippen molar-refractivity contribution < 1.29 is 9.47 Å². The van der Waals surface area contributed by atoms with Crippen LogP contribution in [-0.4, -0.2) is 37.9 Å². The van der Waals surface area contributed by atoms with Gasteiger partial charge < -0.3 is 0 Å². The van der Waals surface area contributed by atoms with Gasteiger partial charge in [-0.25, -0.2) is 0 Å². The molecule has 0 aromatic heterocycles. The average Bonchev–Trinajstić information content (AvgIpc) is 2.17. The zero-order valence-electron chi connectivity index (χ0n) is 10.5. The number of hydrogen-bond donors (Lipinski definition) is 0. The molecule has 0 fully saturated rings. The van der Waals surface area contributed by atoms with Crippen molar-refractivity contribution in [1.82, 2.24) is 0 Å². The van der Waals surface area contributed by atoms with E-state index in [4.69, 9.17) is 9.47 Å². The first-order valence-electron chi connectivity index (χ1n) is 5.95. The molecule has 0 amide bonds. The molecule has 0 spiro atoms. The maximum atomic E-state index is 5.82. The molecular formula is C12H24O2Sn. The number of ether oxygens (including phenoxy) is 2. The van der Waals surface area contributed by atoms with E-state index in [9.17, 15) is 0 Å². The fraction of sp³-hybridized carbons (Fsp3) is 0.833. The molecule has 15 heavy (non-hydrogen) atoms. The molecule has 0 saturated carbocycles. The second kappa shape index (κ2) is 6.26. The van der Waals surface area contributed by atoms with Gasteiger partial charge in [0.2, 0.25) is 0 Å². The van der Waals surface area contributed by atoms with Gasteiger partial charge in [0.05, 0.1) is 0 Å². The fourth-order valence-electron chi connectivity index (χ4n) is 2.02. The topological polar surface area (TPSA) is 18.5 Å². The van der Waals surface area contributed by atoms with E-state index < -0.39 is 18.4 Å². The Kier molecular flexibility index (Phi) is 5.64. The third kappa shape index (κ3) is 4.45. The van der Waals surface area contributed by atoms with Crippen LogP contribution in [-0.2, 0) is 9.47 Å². The summed E-state index contributed by atoms with van der Waals surface area (Å²) in [4.78, 5) is 7.38. The fourth-order valence-corrected chi connectivity index (χ4v) is 7.59. The van der Waals surface area contributed by atoms with Crippen LogP contribution >= 0.6 is 0 Å². The van der Waals surface area contributed by atoms with E-state index in [0.29, 0.717) is 12.9 Å². The van der Waals surface area contributed by atoms with Gasteiger partial charge in [-0.3, -0.25) is 0 Å². The maximum absolute atomic E-state index is 5.82. The third-order valence-corrected chi connectivity index (χ3v) is 9.25. The summed E-state index contributed by atoms with van der Waals surface area (Å²) < 4.78 is 12.7. The number of hydrogen-bond acceptors (Lipinski definition) is 2. The van der Waals surface area contributed by atoms with Crippen LogP contribution in [0.5, 0.6) is 0 Å². The predicted octanol–water partition coefficient (Wildman–Crippen LogP) is 3.35. The summed E-state index contributed by atoms with van der Waals surface area (Å²) in [6, 6.07) is 0. The van der Waals surface area contributed by atoms with Crippen molar-refractivity contribution >= 4 is 18.4 Å². The van der Waals surface area contributed by atoms with Crippen LogP contribution in [0.4, 0.5) is 0 Å². The molecule has 0 aliphatic heterocycles. The van der Waals surface area contributed by atoms with Gasteiger partial charge >= 0.3 is 98.0 Å². The van der Waals surface area contributed by atoms with Gasteiger partial charge in [0, 0.05) is 0 Å². The molecule has 0 saturated heterocycles. The van der Waals surface area contributed by atoms with Gasteiger partial charge in [-0.15, -0.1) is 0 Å². The SMILES string of the molecule is CCOCOC1CCCC=[C]1[Sn]([CH3])([CH3])[CH3]. The van der Waals surface area contributed by atoms with Crippen LogP contribution in [0.3, 0.4) is 0 Å². The molecule has 0 aromatic carbocycles. The Balaban J connectivity index is 2.53. The molecule has 0 N–H and O–H groups in total. The average molecular weight is 319 g/mol. The Morgan fingerprint density at radius 3 is 2.73 bits per heavy atom.